The quantitative estimate of drug-likeness (QED) is 0.576. The van der Waals surface area contributed by atoms with Crippen LogP contribution in [0.4, 0.5) is 0 Å². The first kappa shape index (κ1) is 19.2. The zero-order valence-electron chi connectivity index (χ0n) is 16.8. The highest BCUT2D eigenvalue weighted by Gasteiger charge is 2.34. The van der Waals surface area contributed by atoms with E-state index in [0.29, 0.717) is 6.10 Å². The number of benzene rings is 2. The summed E-state index contributed by atoms with van der Waals surface area (Å²) in [4.78, 5) is 2.54. The largest absolute Gasteiger partial charge is 0.457 e. The van der Waals surface area contributed by atoms with Gasteiger partial charge in [0.25, 0.3) is 0 Å². The highest BCUT2D eigenvalue weighted by Crippen LogP contribution is 2.29. The zero-order chi connectivity index (χ0) is 19.2. The molecule has 0 saturated carbocycles. The lowest BCUT2D eigenvalue weighted by atomic mass is 9.86. The van der Waals surface area contributed by atoms with Crippen LogP contribution in [0.3, 0.4) is 0 Å². The second-order valence-corrected chi connectivity index (χ2v) is 8.08. The predicted molar refractivity (Wildman–Crippen MR) is 114 cm³/mol. The van der Waals surface area contributed by atoms with Crippen molar-refractivity contribution in [3.63, 3.8) is 0 Å². The highest BCUT2D eigenvalue weighted by atomic mass is 16.5. The van der Waals surface area contributed by atoms with Gasteiger partial charge in [-0.25, -0.2) is 0 Å². The molecule has 1 unspecified atom stereocenters. The van der Waals surface area contributed by atoms with Crippen LogP contribution in [-0.4, -0.2) is 37.2 Å². The standard InChI is InChI=1S/C25H31NO2/c1-20-6-5-8-24(18-20)28-23-11-9-21(10-12-23)7-3-2-4-17-27-25-19-26-15-13-22(25)14-16-26/h2,4-6,8-12,18,22,25H,3,7,13-17,19H2,1H3. The number of rotatable bonds is 8. The fourth-order valence-corrected chi connectivity index (χ4v) is 4.25. The summed E-state index contributed by atoms with van der Waals surface area (Å²) >= 11 is 0. The van der Waals surface area contributed by atoms with E-state index in [9.17, 15) is 0 Å². The van der Waals surface area contributed by atoms with Crippen molar-refractivity contribution in [2.24, 2.45) is 5.92 Å². The first-order chi connectivity index (χ1) is 13.8. The van der Waals surface area contributed by atoms with E-state index in [1.165, 1.54) is 37.1 Å². The number of ether oxygens (including phenoxy) is 2. The zero-order valence-corrected chi connectivity index (χ0v) is 16.8. The van der Waals surface area contributed by atoms with Crippen molar-refractivity contribution in [3.05, 3.63) is 71.8 Å². The van der Waals surface area contributed by atoms with Gasteiger partial charge in [0.2, 0.25) is 0 Å². The van der Waals surface area contributed by atoms with Gasteiger partial charge < -0.3 is 14.4 Å². The first-order valence-corrected chi connectivity index (χ1v) is 10.6. The molecule has 3 aliphatic heterocycles. The maximum Gasteiger partial charge on any atom is 0.127 e. The summed E-state index contributed by atoms with van der Waals surface area (Å²) in [6.45, 7) is 6.50. The normalized spacial score (nSPS) is 24.0. The molecule has 0 radical (unpaired) electrons. The van der Waals surface area contributed by atoms with Gasteiger partial charge in [-0.2, -0.15) is 0 Å². The topological polar surface area (TPSA) is 21.7 Å². The van der Waals surface area contributed by atoms with Crippen molar-refractivity contribution in [1.82, 2.24) is 4.90 Å². The van der Waals surface area contributed by atoms with E-state index in [4.69, 9.17) is 9.47 Å². The third-order valence-electron chi connectivity index (χ3n) is 5.92. The molecule has 0 aliphatic carbocycles. The molecule has 3 heterocycles. The van der Waals surface area contributed by atoms with Gasteiger partial charge >= 0.3 is 0 Å². The average molecular weight is 378 g/mol. The second kappa shape index (κ2) is 9.40. The fourth-order valence-electron chi connectivity index (χ4n) is 4.25. The minimum atomic E-state index is 0.452. The van der Waals surface area contributed by atoms with E-state index in [1.807, 2.05) is 12.1 Å². The van der Waals surface area contributed by atoms with Crippen molar-refractivity contribution in [2.75, 3.05) is 26.2 Å². The number of fused-ring (bicyclic) bond motifs is 3. The average Bonchev–Trinajstić information content (AvgIpc) is 2.73. The molecular weight excluding hydrogens is 346 g/mol. The summed E-state index contributed by atoms with van der Waals surface area (Å²) < 4.78 is 12.0. The Morgan fingerprint density at radius 2 is 1.82 bits per heavy atom. The maximum atomic E-state index is 6.10. The van der Waals surface area contributed by atoms with Crippen LogP contribution >= 0.6 is 0 Å². The van der Waals surface area contributed by atoms with E-state index >= 15 is 0 Å². The number of hydrogen-bond donors (Lipinski definition) is 0. The Morgan fingerprint density at radius 1 is 1.00 bits per heavy atom. The Balaban J connectivity index is 1.16. The Labute approximate surface area is 169 Å². The fraction of sp³-hybridized carbons (Fsp3) is 0.440. The van der Waals surface area contributed by atoms with Crippen LogP contribution in [0.5, 0.6) is 11.5 Å². The monoisotopic (exact) mass is 377 g/mol. The van der Waals surface area contributed by atoms with E-state index in [0.717, 1.165) is 43.4 Å². The molecule has 1 atom stereocenters. The lowest BCUT2D eigenvalue weighted by molar-refractivity contribution is -0.0604. The summed E-state index contributed by atoms with van der Waals surface area (Å²) in [6.07, 6.45) is 9.61. The van der Waals surface area contributed by atoms with Gasteiger partial charge in [-0.05, 0) is 87.0 Å². The molecule has 2 bridgehead atoms. The molecule has 3 fully saturated rings. The third kappa shape index (κ3) is 5.24. The van der Waals surface area contributed by atoms with Gasteiger partial charge in [-0.15, -0.1) is 0 Å². The summed E-state index contributed by atoms with van der Waals surface area (Å²) in [5.41, 5.74) is 2.54. The second-order valence-electron chi connectivity index (χ2n) is 8.08. The Hall–Kier alpha value is -2.10. The van der Waals surface area contributed by atoms with Crippen molar-refractivity contribution in [3.8, 4) is 11.5 Å². The van der Waals surface area contributed by atoms with Crippen LogP contribution in [0.1, 0.15) is 30.4 Å². The van der Waals surface area contributed by atoms with E-state index in [-0.39, 0.29) is 0 Å². The lowest BCUT2D eigenvalue weighted by Crippen LogP contribution is -2.51. The van der Waals surface area contributed by atoms with Gasteiger partial charge in [0.05, 0.1) is 12.7 Å². The molecule has 0 amide bonds. The third-order valence-corrected chi connectivity index (χ3v) is 5.92. The molecular formula is C25H31NO2. The van der Waals surface area contributed by atoms with Gasteiger partial charge in [0.1, 0.15) is 11.5 Å². The lowest BCUT2D eigenvalue weighted by Gasteiger charge is -2.44. The number of nitrogens with zero attached hydrogens (tertiary/aromatic N) is 1. The van der Waals surface area contributed by atoms with Gasteiger partial charge in [-0.3, -0.25) is 0 Å². The van der Waals surface area contributed by atoms with E-state index in [2.05, 4.69) is 60.4 Å². The minimum Gasteiger partial charge on any atom is -0.457 e. The molecule has 3 heteroatoms. The Morgan fingerprint density at radius 3 is 2.54 bits per heavy atom. The Kier molecular flexibility index (Phi) is 6.45. The number of aryl methyl sites for hydroxylation is 2. The van der Waals surface area contributed by atoms with Gasteiger partial charge in [0.15, 0.2) is 0 Å². The Bertz CT molecular complexity index is 775. The van der Waals surface area contributed by atoms with Crippen LogP contribution < -0.4 is 4.74 Å². The predicted octanol–water partition coefficient (Wildman–Crippen LogP) is 5.39. The van der Waals surface area contributed by atoms with Crippen LogP contribution in [0.2, 0.25) is 0 Å². The molecule has 3 nitrogen and oxygen atoms in total. The van der Waals surface area contributed by atoms with Crippen molar-refractivity contribution < 1.29 is 9.47 Å². The molecule has 3 aliphatic rings. The van der Waals surface area contributed by atoms with Crippen molar-refractivity contribution in [2.45, 2.75) is 38.7 Å². The molecule has 0 spiro atoms. The number of allylic oxidation sites excluding steroid dienone is 1. The molecule has 2 aromatic rings. The molecule has 5 rings (SSSR count). The summed E-state index contributed by atoms with van der Waals surface area (Å²) in [6, 6.07) is 16.6. The summed E-state index contributed by atoms with van der Waals surface area (Å²) in [5.74, 6) is 2.56. The molecule has 0 aromatic heterocycles. The number of piperidine rings is 3. The molecule has 2 aromatic carbocycles. The van der Waals surface area contributed by atoms with E-state index in [1.54, 1.807) is 0 Å². The van der Waals surface area contributed by atoms with Crippen LogP contribution in [-0.2, 0) is 11.2 Å². The molecule has 148 valence electrons. The van der Waals surface area contributed by atoms with Crippen molar-refractivity contribution >= 4 is 0 Å². The highest BCUT2D eigenvalue weighted by molar-refractivity contribution is 5.35. The maximum absolute atomic E-state index is 6.10. The number of hydrogen-bond acceptors (Lipinski definition) is 3. The van der Waals surface area contributed by atoms with Crippen molar-refractivity contribution in [1.29, 1.82) is 0 Å². The minimum absolute atomic E-state index is 0.452. The summed E-state index contributed by atoms with van der Waals surface area (Å²) in [5, 5.41) is 0. The van der Waals surface area contributed by atoms with Crippen LogP contribution in [0.25, 0.3) is 0 Å². The van der Waals surface area contributed by atoms with E-state index < -0.39 is 0 Å². The first-order valence-electron chi connectivity index (χ1n) is 10.6. The van der Waals surface area contributed by atoms with Gasteiger partial charge in [0, 0.05) is 6.54 Å². The molecule has 0 N–H and O–H groups in total. The van der Waals surface area contributed by atoms with Gasteiger partial charge in [-0.1, -0.05) is 36.4 Å². The molecule has 3 saturated heterocycles. The van der Waals surface area contributed by atoms with Crippen LogP contribution in [0.15, 0.2) is 60.7 Å². The smallest absolute Gasteiger partial charge is 0.127 e. The SMILES string of the molecule is Cc1cccc(Oc2ccc(CCC=CCOC3CN4CCC3CC4)cc2)c1. The van der Waals surface area contributed by atoms with Crippen LogP contribution in [0, 0.1) is 12.8 Å². The summed E-state index contributed by atoms with van der Waals surface area (Å²) in [7, 11) is 0. The molecule has 28 heavy (non-hydrogen) atoms.